The zero-order valence-electron chi connectivity index (χ0n) is 14.4. The van der Waals surface area contributed by atoms with Crippen LogP contribution in [0.2, 0.25) is 0 Å². The molecule has 2 unspecified atom stereocenters. The Morgan fingerprint density at radius 1 is 1.08 bits per heavy atom. The highest BCUT2D eigenvalue weighted by Crippen LogP contribution is 2.30. The minimum absolute atomic E-state index is 0.0166. The monoisotopic (exact) mass is 357 g/mol. The van der Waals surface area contributed by atoms with E-state index in [-0.39, 0.29) is 12.1 Å². The van der Waals surface area contributed by atoms with Crippen molar-refractivity contribution in [1.29, 1.82) is 0 Å². The van der Waals surface area contributed by atoms with Crippen molar-refractivity contribution in [2.75, 3.05) is 32.8 Å². The Bertz CT molecular complexity index is 635. The van der Waals surface area contributed by atoms with Gasteiger partial charge in [0.2, 0.25) is 0 Å². The number of anilines is 1. The predicted molar refractivity (Wildman–Crippen MR) is 83.3 cm³/mol. The molecule has 0 saturated carbocycles. The van der Waals surface area contributed by atoms with Crippen molar-refractivity contribution in [3.8, 4) is 0 Å². The van der Waals surface area contributed by atoms with E-state index in [1.54, 1.807) is 6.92 Å². The smallest absolute Gasteiger partial charge is 0.299 e. The maximum absolute atomic E-state index is 13.3. The highest BCUT2D eigenvalue weighted by Gasteiger charge is 2.37. The zero-order chi connectivity index (χ0) is 18.6. The molecular formula is C16H20FNO7. The topological polar surface area (TPSA) is 83.5 Å². The van der Waals surface area contributed by atoms with E-state index in [1.165, 1.54) is 38.4 Å². The summed E-state index contributed by atoms with van der Waals surface area (Å²) >= 11 is 0. The summed E-state index contributed by atoms with van der Waals surface area (Å²) < 4.78 is 39.1. The fraction of sp³-hybridized carbons (Fsp3) is 0.500. The number of halogens is 1. The van der Waals surface area contributed by atoms with Crippen molar-refractivity contribution < 1.29 is 37.7 Å². The molecule has 9 heteroatoms. The molecule has 1 aromatic rings. The Kier molecular flexibility index (Phi) is 6.57. The lowest BCUT2D eigenvalue weighted by Crippen LogP contribution is -2.40. The summed E-state index contributed by atoms with van der Waals surface area (Å²) in [6.45, 7) is 0.598. The SMILES string of the molecule is COC(CN1C(=O)C(=O)c2cc(F)ccc21)OC(C)OC(OC)OC. The molecule has 138 valence electrons. The van der Waals surface area contributed by atoms with Crippen LogP contribution in [0.15, 0.2) is 18.2 Å². The maximum atomic E-state index is 13.3. The molecule has 0 radical (unpaired) electrons. The van der Waals surface area contributed by atoms with Gasteiger partial charge in [-0.2, -0.15) is 0 Å². The fourth-order valence-electron chi connectivity index (χ4n) is 2.39. The lowest BCUT2D eigenvalue weighted by Gasteiger charge is -2.27. The molecule has 0 saturated heterocycles. The number of amides is 1. The predicted octanol–water partition coefficient (Wildman–Crippen LogP) is 1.28. The quantitative estimate of drug-likeness (QED) is 0.486. The molecule has 1 aliphatic rings. The second kappa shape index (κ2) is 8.45. The van der Waals surface area contributed by atoms with Gasteiger partial charge in [0, 0.05) is 21.3 Å². The van der Waals surface area contributed by atoms with E-state index in [0.29, 0.717) is 5.69 Å². The summed E-state index contributed by atoms with van der Waals surface area (Å²) in [6, 6.07) is 3.58. The third kappa shape index (κ3) is 4.39. The molecule has 0 spiro atoms. The minimum atomic E-state index is -0.925. The number of carbonyl (C=O) groups excluding carboxylic acids is 2. The number of ketones is 1. The Morgan fingerprint density at radius 3 is 2.36 bits per heavy atom. The van der Waals surface area contributed by atoms with E-state index >= 15 is 0 Å². The standard InChI is InChI=1S/C16H20FNO7/c1-9(25-16(22-3)23-4)24-13(21-2)8-18-12-6-5-10(17)7-11(12)14(19)15(18)20/h5-7,9,13,16H,8H2,1-4H3. The van der Waals surface area contributed by atoms with Gasteiger partial charge in [-0.25, -0.2) is 4.39 Å². The summed E-state index contributed by atoms with van der Waals surface area (Å²) in [6.07, 6.45) is -1.67. The Balaban J connectivity index is 2.07. The van der Waals surface area contributed by atoms with Gasteiger partial charge in [0.25, 0.3) is 18.2 Å². The molecular weight excluding hydrogens is 337 g/mol. The zero-order valence-corrected chi connectivity index (χ0v) is 14.4. The fourth-order valence-corrected chi connectivity index (χ4v) is 2.39. The van der Waals surface area contributed by atoms with Crippen LogP contribution in [-0.4, -0.2) is 58.6 Å². The molecule has 25 heavy (non-hydrogen) atoms. The summed E-state index contributed by atoms with van der Waals surface area (Å²) in [5.74, 6) is -2.13. The second-order valence-electron chi connectivity index (χ2n) is 5.17. The lowest BCUT2D eigenvalue weighted by molar-refractivity contribution is -0.341. The van der Waals surface area contributed by atoms with Gasteiger partial charge in [-0.1, -0.05) is 0 Å². The Hall–Kier alpha value is -1.91. The van der Waals surface area contributed by atoms with E-state index in [4.69, 9.17) is 23.7 Å². The average Bonchev–Trinajstić information content (AvgIpc) is 2.83. The number of nitrogens with zero attached hydrogens (tertiary/aromatic N) is 1. The van der Waals surface area contributed by atoms with Crippen molar-refractivity contribution in [2.45, 2.75) is 26.0 Å². The van der Waals surface area contributed by atoms with Crippen LogP contribution in [0.1, 0.15) is 17.3 Å². The molecule has 8 nitrogen and oxygen atoms in total. The first-order chi connectivity index (χ1) is 11.9. The first-order valence-electron chi connectivity index (χ1n) is 7.46. The summed E-state index contributed by atoms with van der Waals surface area (Å²) in [5.41, 5.74) is 0.324. The van der Waals surface area contributed by atoms with E-state index in [1.807, 2.05) is 0 Å². The van der Waals surface area contributed by atoms with E-state index in [2.05, 4.69) is 0 Å². The molecule has 1 heterocycles. The number of carbonyl (C=O) groups is 2. The van der Waals surface area contributed by atoms with Crippen LogP contribution in [0.3, 0.4) is 0 Å². The van der Waals surface area contributed by atoms with Gasteiger partial charge in [-0.3, -0.25) is 14.5 Å². The highest BCUT2D eigenvalue weighted by molar-refractivity contribution is 6.52. The molecule has 0 fully saturated rings. The van der Waals surface area contributed by atoms with Gasteiger partial charge in [0.15, 0.2) is 12.6 Å². The summed E-state index contributed by atoms with van der Waals surface area (Å²) in [4.78, 5) is 25.3. The van der Waals surface area contributed by atoms with Gasteiger partial charge in [0.1, 0.15) is 5.82 Å². The van der Waals surface area contributed by atoms with Gasteiger partial charge in [-0.15, -0.1) is 0 Å². The summed E-state index contributed by atoms with van der Waals surface area (Å²) in [5, 5.41) is 0. The average molecular weight is 357 g/mol. The van der Waals surface area contributed by atoms with Gasteiger partial charge in [-0.05, 0) is 25.1 Å². The first kappa shape index (κ1) is 19.4. The third-order valence-corrected chi connectivity index (χ3v) is 3.56. The van der Waals surface area contributed by atoms with Crippen LogP contribution in [0, 0.1) is 5.82 Å². The Labute approximate surface area is 144 Å². The molecule has 2 rings (SSSR count). The van der Waals surface area contributed by atoms with Crippen molar-refractivity contribution in [1.82, 2.24) is 0 Å². The molecule has 1 amide bonds. The van der Waals surface area contributed by atoms with Gasteiger partial charge in [0.05, 0.1) is 17.8 Å². The number of methoxy groups -OCH3 is 3. The third-order valence-electron chi connectivity index (χ3n) is 3.56. The molecule has 0 aliphatic carbocycles. The summed E-state index contributed by atoms with van der Waals surface area (Å²) in [7, 11) is 4.19. The first-order valence-corrected chi connectivity index (χ1v) is 7.46. The molecule has 1 aliphatic heterocycles. The van der Waals surface area contributed by atoms with Crippen molar-refractivity contribution in [2.24, 2.45) is 0 Å². The second-order valence-corrected chi connectivity index (χ2v) is 5.17. The number of hydrogen-bond acceptors (Lipinski definition) is 7. The number of hydrogen-bond donors (Lipinski definition) is 0. The van der Waals surface area contributed by atoms with Crippen LogP contribution in [0.4, 0.5) is 10.1 Å². The Morgan fingerprint density at radius 2 is 1.76 bits per heavy atom. The molecule has 1 aromatic carbocycles. The van der Waals surface area contributed by atoms with E-state index < -0.39 is 36.6 Å². The van der Waals surface area contributed by atoms with Crippen molar-refractivity contribution in [3.63, 3.8) is 0 Å². The number of rotatable bonds is 9. The van der Waals surface area contributed by atoms with Crippen LogP contribution < -0.4 is 4.90 Å². The van der Waals surface area contributed by atoms with Crippen LogP contribution in [0.25, 0.3) is 0 Å². The van der Waals surface area contributed by atoms with Crippen LogP contribution >= 0.6 is 0 Å². The molecule has 0 aromatic heterocycles. The normalized spacial score (nSPS) is 16.5. The van der Waals surface area contributed by atoms with Crippen LogP contribution in [0.5, 0.6) is 0 Å². The number of Topliss-reactive ketones (excluding diaryl/α,β-unsaturated/α-hetero) is 1. The molecule has 0 bridgehead atoms. The van der Waals surface area contributed by atoms with Crippen LogP contribution in [-0.2, 0) is 28.5 Å². The van der Waals surface area contributed by atoms with Gasteiger partial charge >= 0.3 is 0 Å². The maximum Gasteiger partial charge on any atom is 0.299 e. The number of benzene rings is 1. The lowest BCUT2D eigenvalue weighted by atomic mass is 10.1. The number of ether oxygens (including phenoxy) is 5. The van der Waals surface area contributed by atoms with Gasteiger partial charge < -0.3 is 23.7 Å². The largest absolute Gasteiger partial charge is 0.354 e. The van der Waals surface area contributed by atoms with Crippen molar-refractivity contribution >= 4 is 17.4 Å². The van der Waals surface area contributed by atoms with E-state index in [9.17, 15) is 14.0 Å². The minimum Gasteiger partial charge on any atom is -0.354 e. The van der Waals surface area contributed by atoms with E-state index in [0.717, 1.165) is 6.07 Å². The molecule has 2 atom stereocenters. The number of fused-ring (bicyclic) bond motifs is 1. The highest BCUT2D eigenvalue weighted by atomic mass is 19.1. The molecule has 0 N–H and O–H groups in total. The van der Waals surface area contributed by atoms with Crippen molar-refractivity contribution in [3.05, 3.63) is 29.6 Å².